The number of carbonyl (C=O) groups excluding carboxylic acids is 2. The van der Waals surface area contributed by atoms with Crippen molar-refractivity contribution >= 4 is 75.1 Å². The molecule has 1 aliphatic heterocycles. The van der Waals surface area contributed by atoms with Crippen LogP contribution < -0.4 is 14.4 Å². The number of hydrogen-bond donors (Lipinski definition) is 0. The van der Waals surface area contributed by atoms with E-state index in [2.05, 4.69) is 22.6 Å². The quantitative estimate of drug-likeness (QED) is 0.235. The average molecular weight is 557 g/mol. The predicted octanol–water partition coefficient (Wildman–Crippen LogP) is 4.53. The van der Waals surface area contributed by atoms with Crippen LogP contribution in [0.2, 0.25) is 5.02 Å². The fraction of sp³-hybridized carbons (Fsp3) is 0.190. The standard InChI is InChI=1S/C21H18ClIN2O4S/c1-4-24-19(26)15(9-12-10-16(23)18(29-3)17(11-12)28-2)20(27)25(21(24)30)14-7-5-13(22)6-8-14/h5-11H,4H2,1-3H3/b15-9+. The van der Waals surface area contributed by atoms with Crippen molar-refractivity contribution < 1.29 is 19.1 Å². The van der Waals surface area contributed by atoms with Crippen LogP contribution in [0.1, 0.15) is 12.5 Å². The largest absolute Gasteiger partial charge is 0.493 e. The van der Waals surface area contributed by atoms with Crippen LogP contribution in [0.15, 0.2) is 42.0 Å². The van der Waals surface area contributed by atoms with Gasteiger partial charge in [0.1, 0.15) is 5.57 Å². The third-order valence-electron chi connectivity index (χ3n) is 4.50. The number of carbonyl (C=O) groups is 2. The molecule has 2 amide bonds. The van der Waals surface area contributed by atoms with Crippen molar-refractivity contribution in [2.45, 2.75) is 6.92 Å². The van der Waals surface area contributed by atoms with Crippen molar-refractivity contribution in [3.8, 4) is 11.5 Å². The molecule has 2 aromatic carbocycles. The van der Waals surface area contributed by atoms with Crippen LogP contribution in [-0.4, -0.2) is 42.6 Å². The summed E-state index contributed by atoms with van der Waals surface area (Å²) in [5.41, 5.74) is 1.17. The number of anilines is 1. The van der Waals surface area contributed by atoms with Gasteiger partial charge in [0.25, 0.3) is 11.8 Å². The Labute approximate surface area is 198 Å². The van der Waals surface area contributed by atoms with Crippen molar-refractivity contribution in [2.24, 2.45) is 0 Å². The fourth-order valence-electron chi connectivity index (χ4n) is 3.06. The van der Waals surface area contributed by atoms with Gasteiger partial charge in [-0.3, -0.25) is 19.4 Å². The van der Waals surface area contributed by atoms with E-state index in [4.69, 9.17) is 33.3 Å². The summed E-state index contributed by atoms with van der Waals surface area (Å²) >= 11 is 13.5. The van der Waals surface area contributed by atoms with Crippen LogP contribution in [0.25, 0.3) is 6.08 Å². The number of methoxy groups -OCH3 is 2. The Morgan fingerprint density at radius 3 is 2.33 bits per heavy atom. The summed E-state index contributed by atoms with van der Waals surface area (Å²) in [5.74, 6) is 0.148. The molecule has 0 atom stereocenters. The molecule has 6 nitrogen and oxygen atoms in total. The molecule has 0 aromatic heterocycles. The first-order valence-electron chi connectivity index (χ1n) is 8.91. The second kappa shape index (κ2) is 9.32. The Balaban J connectivity index is 2.12. The second-order valence-electron chi connectivity index (χ2n) is 6.25. The van der Waals surface area contributed by atoms with Gasteiger partial charge in [0.15, 0.2) is 16.6 Å². The van der Waals surface area contributed by atoms with E-state index in [0.717, 1.165) is 3.57 Å². The van der Waals surface area contributed by atoms with Crippen molar-refractivity contribution in [3.63, 3.8) is 0 Å². The first-order valence-corrected chi connectivity index (χ1v) is 10.8. The lowest BCUT2D eigenvalue weighted by molar-refractivity contribution is -0.127. The fourth-order valence-corrected chi connectivity index (χ4v) is 4.43. The Morgan fingerprint density at radius 1 is 1.10 bits per heavy atom. The lowest BCUT2D eigenvalue weighted by Crippen LogP contribution is -2.56. The highest BCUT2D eigenvalue weighted by Crippen LogP contribution is 2.35. The first kappa shape index (κ1) is 22.5. The van der Waals surface area contributed by atoms with Gasteiger partial charge < -0.3 is 9.47 Å². The molecule has 0 aliphatic carbocycles. The van der Waals surface area contributed by atoms with E-state index in [1.54, 1.807) is 50.4 Å². The number of likely N-dealkylation sites (N-methyl/N-ethyl adjacent to an activating group) is 1. The Hall–Kier alpha value is -2.17. The summed E-state index contributed by atoms with van der Waals surface area (Å²) in [6, 6.07) is 10.2. The molecule has 0 saturated carbocycles. The molecule has 3 rings (SSSR count). The summed E-state index contributed by atoms with van der Waals surface area (Å²) in [6.07, 6.45) is 1.54. The van der Waals surface area contributed by atoms with Gasteiger partial charge in [-0.15, -0.1) is 0 Å². The first-order chi connectivity index (χ1) is 14.3. The number of amides is 2. The lowest BCUT2D eigenvalue weighted by atomic mass is 10.1. The zero-order valence-electron chi connectivity index (χ0n) is 16.4. The molecule has 1 heterocycles. The topological polar surface area (TPSA) is 59.1 Å². The highest BCUT2D eigenvalue weighted by Gasteiger charge is 2.39. The Kier molecular flexibility index (Phi) is 6.99. The maximum Gasteiger partial charge on any atom is 0.270 e. The average Bonchev–Trinajstić information content (AvgIpc) is 2.72. The molecule has 0 spiro atoms. The number of thiocarbonyl (C=S) groups is 1. The van der Waals surface area contributed by atoms with Crippen molar-refractivity contribution in [1.82, 2.24) is 4.90 Å². The maximum absolute atomic E-state index is 13.3. The van der Waals surface area contributed by atoms with E-state index in [1.807, 2.05) is 6.07 Å². The number of nitrogens with zero attached hydrogens (tertiary/aromatic N) is 2. The van der Waals surface area contributed by atoms with Gasteiger partial charge in [0.05, 0.1) is 23.5 Å². The third-order valence-corrected chi connectivity index (χ3v) is 5.96. The minimum Gasteiger partial charge on any atom is -0.493 e. The van der Waals surface area contributed by atoms with Crippen LogP contribution in [-0.2, 0) is 9.59 Å². The molecule has 1 fully saturated rings. The highest BCUT2D eigenvalue weighted by molar-refractivity contribution is 14.1. The number of hydrogen-bond acceptors (Lipinski definition) is 5. The lowest BCUT2D eigenvalue weighted by Gasteiger charge is -2.36. The van der Waals surface area contributed by atoms with E-state index in [1.165, 1.54) is 16.9 Å². The molecule has 30 heavy (non-hydrogen) atoms. The van der Waals surface area contributed by atoms with Crippen LogP contribution in [0.4, 0.5) is 5.69 Å². The van der Waals surface area contributed by atoms with Gasteiger partial charge >= 0.3 is 0 Å². The normalized spacial score (nSPS) is 15.8. The Bertz CT molecular complexity index is 1060. The molecular formula is C21H18ClIN2O4S. The van der Waals surface area contributed by atoms with Crippen LogP contribution >= 0.6 is 46.4 Å². The number of ether oxygens (including phenoxy) is 2. The molecule has 0 bridgehead atoms. The summed E-state index contributed by atoms with van der Waals surface area (Å²) in [6.45, 7) is 2.13. The van der Waals surface area contributed by atoms with E-state index >= 15 is 0 Å². The maximum atomic E-state index is 13.3. The van der Waals surface area contributed by atoms with E-state index < -0.39 is 11.8 Å². The van der Waals surface area contributed by atoms with Crippen LogP contribution in [0, 0.1) is 3.57 Å². The zero-order chi connectivity index (χ0) is 22.0. The monoisotopic (exact) mass is 556 g/mol. The van der Waals surface area contributed by atoms with Gasteiger partial charge in [0, 0.05) is 11.6 Å². The molecule has 0 radical (unpaired) electrons. The highest BCUT2D eigenvalue weighted by atomic mass is 127. The SMILES string of the molecule is CCN1C(=O)/C(=C\c2cc(I)c(OC)c(OC)c2)C(=O)N(c2ccc(Cl)cc2)C1=S. The number of halogens is 2. The van der Waals surface area contributed by atoms with E-state index in [0.29, 0.717) is 34.3 Å². The third kappa shape index (κ3) is 4.17. The molecule has 156 valence electrons. The Morgan fingerprint density at radius 2 is 1.77 bits per heavy atom. The van der Waals surface area contributed by atoms with Gasteiger partial charge in [-0.2, -0.15) is 0 Å². The second-order valence-corrected chi connectivity index (χ2v) is 8.21. The molecule has 0 unspecified atom stereocenters. The summed E-state index contributed by atoms with van der Waals surface area (Å²) < 4.78 is 11.5. The molecule has 1 saturated heterocycles. The van der Waals surface area contributed by atoms with Crippen molar-refractivity contribution in [1.29, 1.82) is 0 Å². The molecule has 1 aliphatic rings. The molecule has 9 heteroatoms. The summed E-state index contributed by atoms with van der Waals surface area (Å²) in [7, 11) is 3.08. The molecule has 2 aromatic rings. The van der Waals surface area contributed by atoms with Gasteiger partial charge in [-0.05, 0) is 89.8 Å². The molecular weight excluding hydrogens is 539 g/mol. The van der Waals surface area contributed by atoms with Crippen molar-refractivity contribution in [2.75, 3.05) is 25.7 Å². The number of benzene rings is 2. The van der Waals surface area contributed by atoms with Gasteiger partial charge in [0.2, 0.25) is 0 Å². The summed E-state index contributed by atoms with van der Waals surface area (Å²) in [4.78, 5) is 29.0. The van der Waals surface area contributed by atoms with E-state index in [9.17, 15) is 9.59 Å². The predicted molar refractivity (Wildman–Crippen MR) is 129 cm³/mol. The van der Waals surface area contributed by atoms with Crippen molar-refractivity contribution in [3.05, 3.63) is 56.1 Å². The smallest absolute Gasteiger partial charge is 0.270 e. The molecule has 0 N–H and O–H groups in total. The van der Waals surface area contributed by atoms with E-state index in [-0.39, 0.29) is 10.7 Å². The minimum absolute atomic E-state index is 0.00317. The van der Waals surface area contributed by atoms with Crippen LogP contribution in [0.5, 0.6) is 11.5 Å². The summed E-state index contributed by atoms with van der Waals surface area (Å²) in [5, 5.41) is 0.669. The zero-order valence-corrected chi connectivity index (χ0v) is 20.2. The van der Waals surface area contributed by atoms with Crippen LogP contribution in [0.3, 0.4) is 0 Å². The minimum atomic E-state index is -0.498. The number of rotatable bonds is 5. The van der Waals surface area contributed by atoms with Gasteiger partial charge in [-0.1, -0.05) is 11.6 Å². The van der Waals surface area contributed by atoms with Gasteiger partial charge in [-0.25, -0.2) is 0 Å².